The zero-order valence-corrected chi connectivity index (χ0v) is 10.4. The Bertz CT molecular complexity index is 512. The predicted octanol–water partition coefficient (Wildman–Crippen LogP) is 2.90. The summed E-state index contributed by atoms with van der Waals surface area (Å²) in [5.74, 6) is 0. The number of benzene rings is 1. The molecule has 0 saturated carbocycles. The molecular weight excluding hydrogens is 239 g/mol. The van der Waals surface area contributed by atoms with Gasteiger partial charge in [0.05, 0.1) is 12.3 Å². The van der Waals surface area contributed by atoms with Crippen LogP contribution in [0, 0.1) is 0 Å². The summed E-state index contributed by atoms with van der Waals surface area (Å²) in [6.45, 7) is 0.741. The molecule has 0 amide bonds. The van der Waals surface area contributed by atoms with Crippen molar-refractivity contribution in [2.24, 2.45) is 0 Å². The molecule has 1 aromatic carbocycles. The second-order valence-electron chi connectivity index (χ2n) is 3.47. The van der Waals surface area contributed by atoms with Gasteiger partial charge in [-0.3, -0.25) is 0 Å². The number of hydrogen-bond acceptors (Lipinski definition) is 3. The van der Waals surface area contributed by atoms with E-state index < -0.39 is 8.18 Å². The summed E-state index contributed by atoms with van der Waals surface area (Å²) < 4.78 is 21.4. The molecule has 0 aliphatic carbocycles. The Labute approximate surface area is 100 Å². The van der Waals surface area contributed by atoms with E-state index in [1.807, 2.05) is 30.5 Å². The molecule has 0 aliphatic rings. The Hall–Kier alpha value is -1.42. The molecule has 0 aliphatic heterocycles. The van der Waals surface area contributed by atoms with Crippen LogP contribution >= 0.6 is 8.18 Å². The Balaban J connectivity index is 1.95. The number of aromatic amines is 1. The Morgan fingerprint density at radius 1 is 1.35 bits per heavy atom. The van der Waals surface area contributed by atoms with Crippen LogP contribution in [0.3, 0.4) is 0 Å². The largest absolute Gasteiger partial charge is 0.643 e. The topological polar surface area (TPSA) is 63.4 Å². The van der Waals surface area contributed by atoms with Crippen LogP contribution in [-0.2, 0) is 13.8 Å². The minimum absolute atomic E-state index is 0.311. The summed E-state index contributed by atoms with van der Waals surface area (Å²) in [4.78, 5) is 3.09. The molecule has 0 radical (unpaired) electrons. The van der Waals surface area contributed by atoms with Gasteiger partial charge >= 0.3 is 8.18 Å². The summed E-state index contributed by atoms with van der Waals surface area (Å²) in [5.41, 5.74) is 1.82. The minimum atomic E-state index is -1.90. The van der Waals surface area contributed by atoms with E-state index in [9.17, 15) is 4.57 Å². The molecule has 0 fully saturated rings. The third kappa shape index (κ3) is 3.27. The lowest BCUT2D eigenvalue weighted by Gasteiger charge is -1.96. The van der Waals surface area contributed by atoms with E-state index in [-0.39, 0.29) is 0 Å². The number of fused-ring (bicyclic) bond motifs is 1. The van der Waals surface area contributed by atoms with E-state index in [1.165, 1.54) is 0 Å². The second kappa shape index (κ2) is 5.77. The standard InChI is InChI=1S/C11H14N2O3P/c1-15-6-7-16-17(14)13-10-2-3-11-9(8-10)4-5-12-11/h2-5,8,12H,6-7H2,1H3,(H,13,14)/q+1. The third-order valence-electron chi connectivity index (χ3n) is 2.27. The first-order chi connectivity index (χ1) is 8.29. The number of anilines is 1. The molecule has 1 aromatic heterocycles. The zero-order valence-electron chi connectivity index (χ0n) is 9.47. The molecule has 1 atom stereocenters. The van der Waals surface area contributed by atoms with Crippen molar-refractivity contribution < 1.29 is 13.8 Å². The number of aromatic nitrogens is 1. The van der Waals surface area contributed by atoms with Crippen LogP contribution in [0.2, 0.25) is 0 Å². The van der Waals surface area contributed by atoms with Crippen LogP contribution in [-0.4, -0.2) is 25.3 Å². The molecule has 5 nitrogen and oxygen atoms in total. The lowest BCUT2D eigenvalue weighted by atomic mass is 10.2. The number of hydrogen-bond donors (Lipinski definition) is 2. The van der Waals surface area contributed by atoms with E-state index in [0.29, 0.717) is 13.2 Å². The van der Waals surface area contributed by atoms with Crippen molar-refractivity contribution in [1.29, 1.82) is 0 Å². The van der Waals surface area contributed by atoms with Gasteiger partial charge in [-0.15, -0.1) is 4.52 Å². The molecule has 6 heteroatoms. The summed E-state index contributed by atoms with van der Waals surface area (Å²) >= 11 is 0. The van der Waals surface area contributed by atoms with Crippen molar-refractivity contribution in [1.82, 2.24) is 4.98 Å². The smallest absolute Gasteiger partial charge is 0.382 e. The van der Waals surface area contributed by atoms with E-state index in [0.717, 1.165) is 16.6 Å². The fourth-order valence-corrected chi connectivity index (χ4v) is 2.12. The highest BCUT2D eigenvalue weighted by molar-refractivity contribution is 7.40. The first kappa shape index (κ1) is 12.0. The van der Waals surface area contributed by atoms with Crippen LogP contribution in [0.1, 0.15) is 0 Å². The predicted molar refractivity (Wildman–Crippen MR) is 67.4 cm³/mol. The fourth-order valence-electron chi connectivity index (χ4n) is 1.46. The highest BCUT2D eigenvalue weighted by Crippen LogP contribution is 2.27. The average Bonchev–Trinajstić information content (AvgIpc) is 2.76. The Kier molecular flexibility index (Phi) is 4.09. The van der Waals surface area contributed by atoms with E-state index >= 15 is 0 Å². The van der Waals surface area contributed by atoms with Gasteiger partial charge in [0.25, 0.3) is 0 Å². The van der Waals surface area contributed by atoms with Gasteiger partial charge in [0, 0.05) is 24.2 Å². The number of methoxy groups -OCH3 is 1. The molecular formula is C11H14N2O3P+. The number of ether oxygens (including phenoxy) is 1. The van der Waals surface area contributed by atoms with Crippen molar-refractivity contribution in [2.75, 3.05) is 25.4 Å². The van der Waals surface area contributed by atoms with Gasteiger partial charge in [-0.1, -0.05) is 0 Å². The Morgan fingerprint density at radius 2 is 2.24 bits per heavy atom. The van der Waals surface area contributed by atoms with E-state index in [1.54, 1.807) is 7.11 Å². The van der Waals surface area contributed by atoms with Gasteiger partial charge in [-0.05, 0) is 28.8 Å². The quantitative estimate of drug-likeness (QED) is 0.613. The van der Waals surface area contributed by atoms with Gasteiger partial charge in [0.2, 0.25) is 0 Å². The van der Waals surface area contributed by atoms with Gasteiger partial charge in [0.1, 0.15) is 6.61 Å². The van der Waals surface area contributed by atoms with Crippen molar-refractivity contribution in [3.05, 3.63) is 30.5 Å². The molecule has 2 aromatic rings. The minimum Gasteiger partial charge on any atom is -0.382 e. The number of rotatable bonds is 6. The van der Waals surface area contributed by atoms with Crippen LogP contribution in [0.4, 0.5) is 5.69 Å². The molecule has 90 valence electrons. The summed E-state index contributed by atoms with van der Waals surface area (Å²) in [6.07, 6.45) is 1.86. The normalized spacial score (nSPS) is 11.7. The van der Waals surface area contributed by atoms with E-state index in [2.05, 4.69) is 10.1 Å². The van der Waals surface area contributed by atoms with Gasteiger partial charge in [0.15, 0.2) is 0 Å². The molecule has 2 rings (SSSR count). The molecule has 1 heterocycles. The maximum atomic E-state index is 11.5. The second-order valence-corrected chi connectivity index (χ2v) is 4.47. The average molecular weight is 253 g/mol. The first-order valence-corrected chi connectivity index (χ1v) is 6.40. The first-order valence-electron chi connectivity index (χ1n) is 5.22. The fraction of sp³-hybridized carbons (Fsp3) is 0.273. The highest BCUT2D eigenvalue weighted by Gasteiger charge is 2.17. The molecule has 2 N–H and O–H groups in total. The zero-order chi connectivity index (χ0) is 12.1. The third-order valence-corrected chi connectivity index (χ3v) is 3.13. The van der Waals surface area contributed by atoms with Crippen molar-refractivity contribution in [3.63, 3.8) is 0 Å². The van der Waals surface area contributed by atoms with E-state index in [4.69, 9.17) is 9.26 Å². The summed E-state index contributed by atoms with van der Waals surface area (Å²) in [5, 5.41) is 3.87. The van der Waals surface area contributed by atoms with Crippen LogP contribution in [0.5, 0.6) is 0 Å². The highest BCUT2D eigenvalue weighted by atomic mass is 31.1. The van der Waals surface area contributed by atoms with Gasteiger partial charge < -0.3 is 9.72 Å². The molecule has 17 heavy (non-hydrogen) atoms. The van der Waals surface area contributed by atoms with Crippen LogP contribution in [0.25, 0.3) is 10.9 Å². The van der Waals surface area contributed by atoms with Gasteiger partial charge in [-0.2, -0.15) is 5.09 Å². The molecule has 0 saturated heterocycles. The van der Waals surface area contributed by atoms with Crippen molar-refractivity contribution >= 4 is 24.8 Å². The summed E-state index contributed by atoms with van der Waals surface area (Å²) in [7, 11) is -0.326. The van der Waals surface area contributed by atoms with Crippen LogP contribution in [0.15, 0.2) is 30.5 Å². The van der Waals surface area contributed by atoms with Gasteiger partial charge in [-0.25, -0.2) is 0 Å². The monoisotopic (exact) mass is 253 g/mol. The van der Waals surface area contributed by atoms with Crippen molar-refractivity contribution in [2.45, 2.75) is 0 Å². The number of H-pyrrole nitrogens is 1. The number of nitrogens with one attached hydrogen (secondary N) is 2. The van der Waals surface area contributed by atoms with Crippen molar-refractivity contribution in [3.8, 4) is 0 Å². The molecule has 0 spiro atoms. The lowest BCUT2D eigenvalue weighted by molar-refractivity contribution is 0.151. The lowest BCUT2D eigenvalue weighted by Crippen LogP contribution is -1.99. The Morgan fingerprint density at radius 3 is 3.06 bits per heavy atom. The summed E-state index contributed by atoms with van der Waals surface area (Å²) in [6, 6.07) is 7.65. The maximum Gasteiger partial charge on any atom is 0.643 e. The van der Waals surface area contributed by atoms with Crippen LogP contribution < -0.4 is 5.09 Å². The molecule has 0 bridgehead atoms. The molecule has 1 unspecified atom stereocenters. The SMILES string of the molecule is COCCO[P+](=O)Nc1ccc2[nH]ccc2c1. The maximum absolute atomic E-state index is 11.5.